The predicted octanol–water partition coefficient (Wildman–Crippen LogP) is 1.09. The van der Waals surface area contributed by atoms with Crippen molar-refractivity contribution in [1.29, 1.82) is 0 Å². The van der Waals surface area contributed by atoms with Crippen molar-refractivity contribution < 1.29 is 14.9 Å². The van der Waals surface area contributed by atoms with Crippen LogP contribution in [0.2, 0.25) is 0 Å². The molecule has 0 radical (unpaired) electrons. The van der Waals surface area contributed by atoms with Crippen molar-refractivity contribution in [3.63, 3.8) is 0 Å². The SMILES string of the molecule is CC(O)(CN)CCCOc1ccc(CCO)cc1. The molecule has 0 aliphatic carbocycles. The van der Waals surface area contributed by atoms with Gasteiger partial charge in [-0.3, -0.25) is 0 Å². The Morgan fingerprint density at radius 3 is 2.50 bits per heavy atom. The van der Waals surface area contributed by atoms with Crippen LogP contribution in [0.3, 0.4) is 0 Å². The molecule has 4 N–H and O–H groups in total. The van der Waals surface area contributed by atoms with Gasteiger partial charge < -0.3 is 20.7 Å². The van der Waals surface area contributed by atoms with Crippen LogP contribution < -0.4 is 10.5 Å². The molecular weight excluding hydrogens is 230 g/mol. The van der Waals surface area contributed by atoms with Gasteiger partial charge in [0.1, 0.15) is 5.75 Å². The highest BCUT2D eigenvalue weighted by molar-refractivity contribution is 5.27. The topological polar surface area (TPSA) is 75.7 Å². The monoisotopic (exact) mass is 253 g/mol. The van der Waals surface area contributed by atoms with E-state index in [0.717, 1.165) is 17.7 Å². The lowest BCUT2D eigenvalue weighted by Crippen LogP contribution is -2.34. The molecule has 4 heteroatoms. The fraction of sp³-hybridized carbons (Fsp3) is 0.571. The average molecular weight is 253 g/mol. The first kappa shape index (κ1) is 15.0. The van der Waals surface area contributed by atoms with Gasteiger partial charge in [-0.1, -0.05) is 12.1 Å². The quantitative estimate of drug-likeness (QED) is 0.606. The summed E-state index contributed by atoms with van der Waals surface area (Å²) >= 11 is 0. The first-order valence-electron chi connectivity index (χ1n) is 6.32. The number of benzene rings is 1. The summed E-state index contributed by atoms with van der Waals surface area (Å²) in [5, 5.41) is 18.5. The normalized spacial score (nSPS) is 14.2. The lowest BCUT2D eigenvalue weighted by Gasteiger charge is -2.20. The highest BCUT2D eigenvalue weighted by Gasteiger charge is 2.16. The van der Waals surface area contributed by atoms with Crippen molar-refractivity contribution in [3.05, 3.63) is 29.8 Å². The van der Waals surface area contributed by atoms with Crippen LogP contribution in [0, 0.1) is 0 Å². The summed E-state index contributed by atoms with van der Waals surface area (Å²) in [6, 6.07) is 7.68. The Bertz CT molecular complexity index is 335. The fourth-order valence-electron chi connectivity index (χ4n) is 1.63. The minimum absolute atomic E-state index is 0.161. The number of rotatable bonds is 8. The zero-order valence-corrected chi connectivity index (χ0v) is 10.9. The van der Waals surface area contributed by atoms with Crippen LogP contribution >= 0.6 is 0 Å². The van der Waals surface area contributed by atoms with Crippen LogP contribution in [0.1, 0.15) is 25.3 Å². The summed E-state index contributed by atoms with van der Waals surface area (Å²) in [6.07, 6.45) is 2.06. The van der Waals surface area contributed by atoms with E-state index in [-0.39, 0.29) is 13.2 Å². The zero-order chi connectivity index (χ0) is 13.4. The van der Waals surface area contributed by atoms with E-state index in [4.69, 9.17) is 15.6 Å². The van der Waals surface area contributed by atoms with Crippen molar-refractivity contribution in [1.82, 2.24) is 0 Å². The summed E-state index contributed by atoms with van der Waals surface area (Å²) in [6.45, 7) is 2.73. The Morgan fingerprint density at radius 2 is 1.94 bits per heavy atom. The molecule has 0 aromatic heterocycles. The van der Waals surface area contributed by atoms with Crippen LogP contribution in [-0.4, -0.2) is 35.6 Å². The van der Waals surface area contributed by atoms with Crippen molar-refractivity contribution in [2.75, 3.05) is 19.8 Å². The molecule has 0 amide bonds. The second kappa shape index (κ2) is 7.36. The van der Waals surface area contributed by atoms with Gasteiger partial charge in [-0.2, -0.15) is 0 Å². The third-order valence-electron chi connectivity index (χ3n) is 2.89. The maximum Gasteiger partial charge on any atom is 0.119 e. The van der Waals surface area contributed by atoms with E-state index in [0.29, 0.717) is 19.4 Å². The molecule has 0 aliphatic rings. The molecule has 4 nitrogen and oxygen atoms in total. The Morgan fingerprint density at radius 1 is 1.28 bits per heavy atom. The molecule has 1 aromatic carbocycles. The van der Waals surface area contributed by atoms with Crippen LogP contribution in [0.25, 0.3) is 0 Å². The largest absolute Gasteiger partial charge is 0.494 e. The van der Waals surface area contributed by atoms with Gasteiger partial charge in [0, 0.05) is 13.2 Å². The van der Waals surface area contributed by atoms with Crippen molar-refractivity contribution in [3.8, 4) is 5.75 Å². The Labute approximate surface area is 108 Å². The van der Waals surface area contributed by atoms with Crippen LogP contribution in [0.4, 0.5) is 0 Å². The zero-order valence-electron chi connectivity index (χ0n) is 10.9. The Kier molecular flexibility index (Phi) is 6.12. The lowest BCUT2D eigenvalue weighted by atomic mass is 10.0. The summed E-state index contributed by atoms with van der Waals surface area (Å²) in [4.78, 5) is 0. The number of nitrogens with two attached hydrogens (primary N) is 1. The number of hydrogen-bond donors (Lipinski definition) is 3. The minimum Gasteiger partial charge on any atom is -0.494 e. The highest BCUT2D eigenvalue weighted by Crippen LogP contribution is 2.14. The van der Waals surface area contributed by atoms with Crippen LogP contribution in [0.15, 0.2) is 24.3 Å². The first-order valence-corrected chi connectivity index (χ1v) is 6.32. The molecule has 1 atom stereocenters. The molecule has 1 rings (SSSR count). The number of aliphatic hydroxyl groups is 2. The molecule has 0 heterocycles. The third kappa shape index (κ3) is 5.49. The molecule has 0 saturated carbocycles. The molecule has 1 unspecified atom stereocenters. The smallest absolute Gasteiger partial charge is 0.119 e. The summed E-state index contributed by atoms with van der Waals surface area (Å²) in [7, 11) is 0. The summed E-state index contributed by atoms with van der Waals surface area (Å²) in [5.74, 6) is 0.809. The van der Waals surface area contributed by atoms with Gasteiger partial charge in [0.15, 0.2) is 0 Å². The van der Waals surface area contributed by atoms with Crippen molar-refractivity contribution >= 4 is 0 Å². The average Bonchev–Trinajstić information content (AvgIpc) is 2.37. The molecule has 0 saturated heterocycles. The molecule has 18 heavy (non-hydrogen) atoms. The minimum atomic E-state index is -0.797. The van der Waals surface area contributed by atoms with E-state index >= 15 is 0 Å². The van der Waals surface area contributed by atoms with E-state index < -0.39 is 5.60 Å². The van der Waals surface area contributed by atoms with E-state index in [1.807, 2.05) is 24.3 Å². The second-order valence-corrected chi connectivity index (χ2v) is 4.77. The molecular formula is C14H23NO3. The molecule has 102 valence electrons. The van der Waals surface area contributed by atoms with E-state index in [2.05, 4.69) is 0 Å². The van der Waals surface area contributed by atoms with Crippen molar-refractivity contribution in [2.45, 2.75) is 31.8 Å². The molecule has 0 bridgehead atoms. The van der Waals surface area contributed by atoms with Gasteiger partial charge in [0.25, 0.3) is 0 Å². The summed E-state index contributed by atoms with van der Waals surface area (Å²) in [5.41, 5.74) is 5.73. The highest BCUT2D eigenvalue weighted by atomic mass is 16.5. The van der Waals surface area contributed by atoms with E-state index in [9.17, 15) is 5.11 Å². The van der Waals surface area contributed by atoms with Gasteiger partial charge in [-0.15, -0.1) is 0 Å². The summed E-state index contributed by atoms with van der Waals surface area (Å²) < 4.78 is 5.56. The van der Waals surface area contributed by atoms with Gasteiger partial charge in [-0.25, -0.2) is 0 Å². The van der Waals surface area contributed by atoms with Gasteiger partial charge in [0.2, 0.25) is 0 Å². The maximum absolute atomic E-state index is 9.71. The lowest BCUT2D eigenvalue weighted by molar-refractivity contribution is 0.0536. The maximum atomic E-state index is 9.71. The van der Waals surface area contributed by atoms with Gasteiger partial charge >= 0.3 is 0 Å². The standard InChI is InChI=1S/C14H23NO3/c1-14(17,11-15)8-2-10-18-13-5-3-12(4-6-13)7-9-16/h3-6,16-17H,2,7-11,15H2,1H3. The Hall–Kier alpha value is -1.10. The van der Waals surface area contributed by atoms with Crippen molar-refractivity contribution in [2.24, 2.45) is 5.73 Å². The molecule has 0 spiro atoms. The number of ether oxygens (including phenoxy) is 1. The van der Waals surface area contributed by atoms with Crippen LogP contribution in [-0.2, 0) is 6.42 Å². The number of hydrogen-bond acceptors (Lipinski definition) is 4. The van der Waals surface area contributed by atoms with Gasteiger partial charge in [0.05, 0.1) is 12.2 Å². The van der Waals surface area contributed by atoms with E-state index in [1.165, 1.54) is 0 Å². The predicted molar refractivity (Wildman–Crippen MR) is 71.6 cm³/mol. The molecule has 1 aromatic rings. The molecule has 0 fully saturated rings. The third-order valence-corrected chi connectivity index (χ3v) is 2.89. The Balaban J connectivity index is 2.27. The molecule has 0 aliphatic heterocycles. The number of aliphatic hydroxyl groups excluding tert-OH is 1. The van der Waals surface area contributed by atoms with Gasteiger partial charge in [-0.05, 0) is 43.9 Å². The van der Waals surface area contributed by atoms with E-state index in [1.54, 1.807) is 6.92 Å². The first-order chi connectivity index (χ1) is 8.57. The second-order valence-electron chi connectivity index (χ2n) is 4.77. The fourth-order valence-corrected chi connectivity index (χ4v) is 1.63. The van der Waals surface area contributed by atoms with Crippen LogP contribution in [0.5, 0.6) is 5.75 Å².